The van der Waals surface area contributed by atoms with E-state index in [2.05, 4.69) is 26.5 Å². The zero-order chi connectivity index (χ0) is 18.6. The number of nitrogens with one attached hydrogen (secondary N) is 1. The smallest absolute Gasteiger partial charge is 0.271 e. The molecule has 2 aromatic rings. The van der Waals surface area contributed by atoms with Crippen LogP contribution in [-0.2, 0) is 0 Å². The highest BCUT2D eigenvalue weighted by Crippen LogP contribution is 2.34. The highest BCUT2D eigenvalue weighted by molar-refractivity contribution is 9.10. The minimum atomic E-state index is -0.274. The fourth-order valence-corrected chi connectivity index (χ4v) is 2.92. The molecule has 0 saturated carbocycles. The molecule has 25 heavy (non-hydrogen) atoms. The van der Waals surface area contributed by atoms with Crippen LogP contribution in [0, 0.1) is 0 Å². The molecule has 0 radical (unpaired) electrons. The van der Waals surface area contributed by atoms with E-state index in [1.54, 1.807) is 24.4 Å². The Labute approximate surface area is 157 Å². The van der Waals surface area contributed by atoms with Gasteiger partial charge in [-0.2, -0.15) is 5.10 Å². The average molecular weight is 403 g/mol. The van der Waals surface area contributed by atoms with Gasteiger partial charge in [0.05, 0.1) is 6.21 Å². The van der Waals surface area contributed by atoms with E-state index in [1.165, 1.54) is 0 Å². The van der Waals surface area contributed by atoms with E-state index in [0.29, 0.717) is 11.3 Å². The van der Waals surface area contributed by atoms with Gasteiger partial charge in [0, 0.05) is 10.0 Å². The molecule has 1 amide bonds. The third-order valence-corrected chi connectivity index (χ3v) is 4.40. The number of halogens is 1. The zero-order valence-electron chi connectivity index (χ0n) is 14.9. The van der Waals surface area contributed by atoms with Gasteiger partial charge in [0.1, 0.15) is 5.75 Å². The molecule has 0 fully saturated rings. The third-order valence-electron chi connectivity index (χ3n) is 3.90. The number of hydrogen-bond acceptors (Lipinski definition) is 3. The molecule has 5 heteroatoms. The van der Waals surface area contributed by atoms with E-state index in [0.717, 1.165) is 21.2 Å². The van der Waals surface area contributed by atoms with Crippen LogP contribution in [0.5, 0.6) is 5.75 Å². The number of rotatable bonds is 5. The molecule has 0 bridgehead atoms. The number of benzene rings is 2. The molecule has 0 aliphatic rings. The molecule has 0 aliphatic heterocycles. The van der Waals surface area contributed by atoms with E-state index >= 15 is 0 Å². The van der Waals surface area contributed by atoms with E-state index in [9.17, 15) is 9.90 Å². The van der Waals surface area contributed by atoms with Gasteiger partial charge in [-0.3, -0.25) is 4.79 Å². The van der Waals surface area contributed by atoms with E-state index in [-0.39, 0.29) is 17.7 Å². The first-order chi connectivity index (χ1) is 11.8. The van der Waals surface area contributed by atoms with Crippen LogP contribution < -0.4 is 5.43 Å². The molecular formula is C20H23BrN2O2. The summed E-state index contributed by atoms with van der Waals surface area (Å²) in [6.07, 6.45) is 1.60. The molecule has 2 aromatic carbocycles. The molecule has 2 N–H and O–H groups in total. The summed E-state index contributed by atoms with van der Waals surface area (Å²) >= 11 is 3.34. The van der Waals surface area contributed by atoms with E-state index in [4.69, 9.17) is 0 Å². The van der Waals surface area contributed by atoms with Crippen LogP contribution >= 0.6 is 15.9 Å². The monoisotopic (exact) mass is 402 g/mol. The number of amides is 1. The predicted octanol–water partition coefficient (Wildman–Crippen LogP) is 5.17. The Balaban J connectivity index is 2.21. The molecule has 2 rings (SSSR count). The number of phenolic OH excluding ortho intramolecular Hbond substituents is 1. The summed E-state index contributed by atoms with van der Waals surface area (Å²) in [5.41, 5.74) is 5.67. The van der Waals surface area contributed by atoms with Gasteiger partial charge in [-0.25, -0.2) is 5.43 Å². The van der Waals surface area contributed by atoms with Crippen molar-refractivity contribution < 1.29 is 9.90 Å². The van der Waals surface area contributed by atoms with Gasteiger partial charge in [-0.1, -0.05) is 49.7 Å². The van der Waals surface area contributed by atoms with Crippen molar-refractivity contribution in [2.45, 2.75) is 39.5 Å². The number of hydrazone groups is 1. The minimum absolute atomic E-state index is 0.196. The summed E-state index contributed by atoms with van der Waals surface area (Å²) in [5, 5.41) is 14.5. The van der Waals surface area contributed by atoms with Crippen LogP contribution in [0.2, 0.25) is 0 Å². The number of carbonyl (C=O) groups excluding carboxylic acids is 1. The van der Waals surface area contributed by atoms with Crippen molar-refractivity contribution in [2.75, 3.05) is 0 Å². The highest BCUT2D eigenvalue weighted by atomic mass is 79.9. The summed E-state index contributed by atoms with van der Waals surface area (Å²) in [4.78, 5) is 12.1. The number of nitrogens with zero attached hydrogens (tertiary/aromatic N) is 1. The Hall–Kier alpha value is -2.14. The van der Waals surface area contributed by atoms with Gasteiger partial charge < -0.3 is 5.11 Å². The summed E-state index contributed by atoms with van der Waals surface area (Å²) in [6, 6.07) is 10.9. The second-order valence-electron chi connectivity index (χ2n) is 6.57. The molecule has 0 spiro atoms. The maximum atomic E-state index is 12.1. The van der Waals surface area contributed by atoms with Crippen LogP contribution in [0.25, 0.3) is 0 Å². The lowest BCUT2D eigenvalue weighted by atomic mass is 9.92. The Morgan fingerprint density at radius 3 is 2.24 bits per heavy atom. The molecule has 0 heterocycles. The topological polar surface area (TPSA) is 61.7 Å². The molecule has 0 saturated heterocycles. The fraction of sp³-hybridized carbons (Fsp3) is 0.300. The fourth-order valence-electron chi connectivity index (χ4n) is 2.52. The van der Waals surface area contributed by atoms with Crippen LogP contribution in [0.15, 0.2) is 46.0 Å². The normalized spacial score (nSPS) is 11.5. The molecule has 0 atom stereocenters. The second-order valence-corrected chi connectivity index (χ2v) is 7.48. The lowest BCUT2D eigenvalue weighted by molar-refractivity contribution is 0.0955. The summed E-state index contributed by atoms with van der Waals surface area (Å²) in [7, 11) is 0. The highest BCUT2D eigenvalue weighted by Gasteiger charge is 2.14. The first kappa shape index (κ1) is 19.2. The van der Waals surface area contributed by atoms with Crippen molar-refractivity contribution in [2.24, 2.45) is 5.10 Å². The van der Waals surface area contributed by atoms with Crippen LogP contribution in [0.1, 0.15) is 66.6 Å². The van der Waals surface area contributed by atoms with Crippen molar-refractivity contribution in [3.05, 3.63) is 63.1 Å². The standard InChI is InChI=1S/C20H23BrN2O2/c1-12(2)17-8-14(9-18(13(3)4)19(17)24)11-22-23-20(25)15-6-5-7-16(21)10-15/h5-13,24H,1-4H3,(H,23,25)/b22-11-. The lowest BCUT2D eigenvalue weighted by Crippen LogP contribution is -2.17. The summed E-state index contributed by atoms with van der Waals surface area (Å²) < 4.78 is 0.839. The largest absolute Gasteiger partial charge is 0.507 e. The van der Waals surface area contributed by atoms with Crippen LogP contribution in [-0.4, -0.2) is 17.2 Å². The van der Waals surface area contributed by atoms with Crippen molar-refractivity contribution >= 4 is 28.1 Å². The molecule has 132 valence electrons. The molecular weight excluding hydrogens is 380 g/mol. The SMILES string of the molecule is CC(C)c1cc(/C=N\NC(=O)c2cccc(Br)c2)cc(C(C)C)c1O. The van der Waals surface area contributed by atoms with Crippen LogP contribution in [0.3, 0.4) is 0 Å². The van der Waals surface area contributed by atoms with Crippen molar-refractivity contribution in [1.29, 1.82) is 0 Å². The van der Waals surface area contributed by atoms with E-state index in [1.807, 2.05) is 45.9 Å². The summed E-state index contributed by atoms with van der Waals surface area (Å²) in [6.45, 7) is 8.15. The van der Waals surface area contributed by atoms with Crippen LogP contribution in [0.4, 0.5) is 0 Å². The van der Waals surface area contributed by atoms with Gasteiger partial charge in [0.15, 0.2) is 0 Å². The van der Waals surface area contributed by atoms with Gasteiger partial charge >= 0.3 is 0 Å². The Kier molecular flexibility index (Phi) is 6.37. The maximum Gasteiger partial charge on any atom is 0.271 e. The molecule has 0 unspecified atom stereocenters. The van der Waals surface area contributed by atoms with Gasteiger partial charge in [0.2, 0.25) is 0 Å². The lowest BCUT2D eigenvalue weighted by Gasteiger charge is -2.16. The van der Waals surface area contributed by atoms with Crippen molar-refractivity contribution in [3.8, 4) is 5.75 Å². The van der Waals surface area contributed by atoms with Gasteiger partial charge in [-0.15, -0.1) is 0 Å². The second kappa shape index (κ2) is 8.30. The number of phenols is 1. The minimum Gasteiger partial charge on any atom is -0.507 e. The Morgan fingerprint density at radius 1 is 1.12 bits per heavy atom. The summed E-state index contributed by atoms with van der Waals surface area (Å²) in [5.74, 6) is 0.467. The third kappa shape index (κ3) is 4.92. The quantitative estimate of drug-likeness (QED) is 0.535. The maximum absolute atomic E-state index is 12.1. The first-order valence-electron chi connectivity index (χ1n) is 8.25. The molecule has 0 aliphatic carbocycles. The van der Waals surface area contributed by atoms with E-state index < -0.39 is 0 Å². The number of hydrogen-bond donors (Lipinski definition) is 2. The van der Waals surface area contributed by atoms with Crippen molar-refractivity contribution in [1.82, 2.24) is 5.43 Å². The van der Waals surface area contributed by atoms with Gasteiger partial charge in [-0.05, 0) is 58.9 Å². The first-order valence-corrected chi connectivity index (χ1v) is 9.04. The number of aromatic hydroxyl groups is 1. The molecule has 0 aromatic heterocycles. The Morgan fingerprint density at radius 2 is 1.72 bits per heavy atom. The van der Waals surface area contributed by atoms with Gasteiger partial charge in [0.25, 0.3) is 5.91 Å². The predicted molar refractivity (Wildman–Crippen MR) is 105 cm³/mol. The molecule has 4 nitrogen and oxygen atoms in total. The average Bonchev–Trinajstić information content (AvgIpc) is 2.55. The van der Waals surface area contributed by atoms with Crippen molar-refractivity contribution in [3.63, 3.8) is 0 Å². The zero-order valence-corrected chi connectivity index (χ0v) is 16.5. The number of carbonyl (C=O) groups is 1. The Bertz CT molecular complexity index is 769.